The molecule has 1 N–H and O–H groups in total. The molecule has 5 aromatic rings. The molecule has 5 heterocycles. The molecule has 10 nitrogen and oxygen atoms in total. The van der Waals surface area contributed by atoms with Gasteiger partial charge in [0.25, 0.3) is 0 Å². The highest BCUT2D eigenvalue weighted by atomic mass is 19.1. The SMILES string of the molecule is Cn1nc(F)c2ccc(COc3cccc(C4CCN(Cc5nc6ccc(C(=O)O)cc6n5CC5CCO5)CC4)n3)cc21. The lowest BCUT2D eigenvalue weighted by atomic mass is 9.93. The number of rotatable bonds is 9. The van der Waals surface area contributed by atoms with Crippen LogP contribution < -0.4 is 4.74 Å². The Hall–Kier alpha value is -4.35. The minimum absolute atomic E-state index is 0.136. The second kappa shape index (κ2) is 11.4. The zero-order valence-electron chi connectivity index (χ0n) is 23.9. The van der Waals surface area contributed by atoms with Crippen LogP contribution in [0.1, 0.15) is 52.6 Å². The molecule has 2 fully saturated rings. The molecule has 43 heavy (non-hydrogen) atoms. The summed E-state index contributed by atoms with van der Waals surface area (Å²) in [5.74, 6) is 0.426. The molecule has 222 valence electrons. The van der Waals surface area contributed by atoms with Crippen LogP contribution in [0.3, 0.4) is 0 Å². The van der Waals surface area contributed by atoms with Crippen LogP contribution in [0.25, 0.3) is 21.9 Å². The van der Waals surface area contributed by atoms with Gasteiger partial charge in [0.15, 0.2) is 0 Å². The Balaban J connectivity index is 1.00. The number of aryl methyl sites for hydroxylation is 1. The number of fused-ring (bicyclic) bond motifs is 2. The number of carboxylic acids is 1. The molecule has 0 aliphatic carbocycles. The molecule has 0 amide bonds. The van der Waals surface area contributed by atoms with Crippen molar-refractivity contribution in [2.24, 2.45) is 7.05 Å². The summed E-state index contributed by atoms with van der Waals surface area (Å²) in [6, 6.07) is 16.5. The van der Waals surface area contributed by atoms with E-state index in [1.54, 1.807) is 31.3 Å². The van der Waals surface area contributed by atoms with Crippen LogP contribution >= 0.6 is 0 Å². The van der Waals surface area contributed by atoms with Gasteiger partial charge in [0, 0.05) is 31.3 Å². The highest BCUT2D eigenvalue weighted by Crippen LogP contribution is 2.30. The summed E-state index contributed by atoms with van der Waals surface area (Å²) in [7, 11) is 1.73. The van der Waals surface area contributed by atoms with Crippen LogP contribution in [0.2, 0.25) is 0 Å². The van der Waals surface area contributed by atoms with Gasteiger partial charge < -0.3 is 19.1 Å². The topological polar surface area (TPSA) is 108 Å². The first-order chi connectivity index (χ1) is 20.9. The van der Waals surface area contributed by atoms with Gasteiger partial charge >= 0.3 is 5.97 Å². The van der Waals surface area contributed by atoms with Gasteiger partial charge in [0.2, 0.25) is 11.8 Å². The van der Waals surface area contributed by atoms with Crippen molar-refractivity contribution in [2.45, 2.75) is 51.0 Å². The third kappa shape index (κ3) is 5.57. The maximum absolute atomic E-state index is 13.9. The van der Waals surface area contributed by atoms with Crippen LogP contribution in [0.4, 0.5) is 4.39 Å². The highest BCUT2D eigenvalue weighted by molar-refractivity contribution is 5.92. The van der Waals surface area contributed by atoms with Crippen LogP contribution in [0.15, 0.2) is 54.6 Å². The minimum atomic E-state index is -0.941. The molecule has 0 spiro atoms. The zero-order chi connectivity index (χ0) is 29.5. The van der Waals surface area contributed by atoms with E-state index in [2.05, 4.69) is 20.6 Å². The molecule has 0 radical (unpaired) electrons. The predicted octanol–water partition coefficient (Wildman–Crippen LogP) is 4.90. The molecule has 3 aromatic heterocycles. The van der Waals surface area contributed by atoms with Crippen LogP contribution in [0, 0.1) is 5.95 Å². The predicted molar refractivity (Wildman–Crippen MR) is 158 cm³/mol. The molecule has 2 aliphatic heterocycles. The number of pyridine rings is 1. The number of carbonyl (C=O) groups is 1. The van der Waals surface area contributed by atoms with Gasteiger partial charge in [-0.3, -0.25) is 9.58 Å². The van der Waals surface area contributed by atoms with Crippen molar-refractivity contribution in [3.05, 3.63) is 83.2 Å². The first kappa shape index (κ1) is 27.5. The lowest BCUT2D eigenvalue weighted by Crippen LogP contribution is -2.35. The fourth-order valence-electron chi connectivity index (χ4n) is 6.09. The minimum Gasteiger partial charge on any atom is -0.478 e. The first-order valence-electron chi connectivity index (χ1n) is 14.7. The van der Waals surface area contributed by atoms with Gasteiger partial charge in [-0.05, 0) is 74.3 Å². The fraction of sp³-hybridized carbons (Fsp3) is 0.375. The first-order valence-corrected chi connectivity index (χ1v) is 14.7. The summed E-state index contributed by atoms with van der Waals surface area (Å²) in [5, 5.41) is 13.9. The van der Waals surface area contributed by atoms with Crippen molar-refractivity contribution in [2.75, 3.05) is 19.7 Å². The fourth-order valence-corrected chi connectivity index (χ4v) is 6.09. The average Bonchev–Trinajstić information content (AvgIpc) is 3.48. The van der Waals surface area contributed by atoms with Crippen LogP contribution in [-0.2, 0) is 31.5 Å². The molecule has 2 aromatic carbocycles. The van der Waals surface area contributed by atoms with Gasteiger partial charge in [-0.2, -0.15) is 4.39 Å². The van der Waals surface area contributed by atoms with Gasteiger partial charge in [0.1, 0.15) is 12.4 Å². The molecule has 7 rings (SSSR count). The number of aromatic nitrogens is 5. The third-order valence-electron chi connectivity index (χ3n) is 8.63. The van der Waals surface area contributed by atoms with Crippen molar-refractivity contribution >= 4 is 27.9 Å². The second-order valence-corrected chi connectivity index (χ2v) is 11.4. The Kier molecular flexibility index (Phi) is 7.28. The number of carboxylic acid groups (broad SMARTS) is 1. The Morgan fingerprint density at radius 3 is 2.67 bits per heavy atom. The Labute approximate surface area is 247 Å². The molecule has 0 bridgehead atoms. The molecule has 1 unspecified atom stereocenters. The van der Waals surface area contributed by atoms with Crippen molar-refractivity contribution < 1.29 is 23.8 Å². The van der Waals surface area contributed by atoms with Crippen molar-refractivity contribution in [3.63, 3.8) is 0 Å². The van der Waals surface area contributed by atoms with Gasteiger partial charge in [-0.25, -0.2) is 14.8 Å². The van der Waals surface area contributed by atoms with Gasteiger partial charge in [-0.15, -0.1) is 5.10 Å². The molecule has 2 saturated heterocycles. The van der Waals surface area contributed by atoms with E-state index in [1.807, 2.05) is 24.3 Å². The van der Waals surface area contributed by atoms with E-state index in [-0.39, 0.29) is 11.7 Å². The molecular formula is C32H33FN6O4. The maximum Gasteiger partial charge on any atom is 0.335 e. The van der Waals surface area contributed by atoms with E-state index >= 15 is 0 Å². The number of benzene rings is 2. The average molecular weight is 585 g/mol. The van der Waals surface area contributed by atoms with E-state index in [4.69, 9.17) is 19.4 Å². The van der Waals surface area contributed by atoms with Crippen LogP contribution in [0.5, 0.6) is 5.88 Å². The van der Waals surface area contributed by atoms with Crippen molar-refractivity contribution in [1.29, 1.82) is 0 Å². The number of halogens is 1. The third-order valence-corrected chi connectivity index (χ3v) is 8.63. The van der Waals surface area contributed by atoms with E-state index in [1.165, 1.54) is 4.68 Å². The summed E-state index contributed by atoms with van der Waals surface area (Å²) in [5.41, 5.74) is 4.58. The van der Waals surface area contributed by atoms with Gasteiger partial charge in [-0.1, -0.05) is 12.1 Å². The summed E-state index contributed by atoms with van der Waals surface area (Å²) in [4.78, 5) is 23.7. The molecule has 2 aliphatic rings. The number of piperidine rings is 1. The van der Waals surface area contributed by atoms with Crippen molar-refractivity contribution in [1.82, 2.24) is 29.2 Å². The van der Waals surface area contributed by atoms with Gasteiger partial charge in [0.05, 0.1) is 46.7 Å². The summed E-state index contributed by atoms with van der Waals surface area (Å²) in [6.07, 6.45) is 3.07. The number of likely N-dealkylation sites (tertiary alicyclic amines) is 1. The standard InChI is InChI=1S/C32H33FN6O4/c1-37-27-15-20(5-7-24(27)31(33)36-37)19-43-30-4-2-3-25(35-30)21-9-12-38(13-10-21)18-29-34-26-8-6-22(32(40)41)16-28(26)39(29)17-23-11-14-42-23/h2-8,15-16,21,23H,9-14,17-19H2,1H3,(H,40,41). The Morgan fingerprint density at radius 2 is 1.91 bits per heavy atom. The second-order valence-electron chi connectivity index (χ2n) is 11.4. The Morgan fingerprint density at radius 1 is 1.07 bits per heavy atom. The number of hydrogen-bond donors (Lipinski definition) is 1. The summed E-state index contributed by atoms with van der Waals surface area (Å²) >= 11 is 0. The number of imidazole rings is 1. The van der Waals surface area contributed by atoms with E-state index < -0.39 is 11.9 Å². The monoisotopic (exact) mass is 584 g/mol. The van der Waals surface area contributed by atoms with Crippen LogP contribution in [-0.4, -0.2) is 66.1 Å². The lowest BCUT2D eigenvalue weighted by Gasteiger charge is -2.32. The molecule has 11 heteroatoms. The normalized spacial score (nSPS) is 17.9. The van der Waals surface area contributed by atoms with E-state index in [9.17, 15) is 14.3 Å². The number of hydrogen-bond acceptors (Lipinski definition) is 7. The quantitative estimate of drug-likeness (QED) is 0.261. The highest BCUT2D eigenvalue weighted by Gasteiger charge is 2.26. The maximum atomic E-state index is 13.9. The molecule has 1 atom stereocenters. The molecule has 0 saturated carbocycles. The number of ether oxygens (including phenoxy) is 2. The summed E-state index contributed by atoms with van der Waals surface area (Å²) in [6.45, 7) is 4.28. The summed E-state index contributed by atoms with van der Waals surface area (Å²) < 4.78 is 29.3. The van der Waals surface area contributed by atoms with Crippen molar-refractivity contribution in [3.8, 4) is 5.88 Å². The largest absolute Gasteiger partial charge is 0.478 e. The van der Waals surface area contributed by atoms with E-state index in [0.29, 0.717) is 36.9 Å². The Bertz CT molecular complexity index is 1800. The molecular weight excluding hydrogens is 551 g/mol. The zero-order valence-corrected chi connectivity index (χ0v) is 23.9. The number of nitrogens with zero attached hydrogens (tertiary/aromatic N) is 6. The smallest absolute Gasteiger partial charge is 0.335 e. The number of aromatic carboxylic acids is 1. The lowest BCUT2D eigenvalue weighted by molar-refractivity contribution is -0.0592. The van der Waals surface area contributed by atoms with E-state index in [0.717, 1.165) is 72.6 Å².